The highest BCUT2D eigenvalue weighted by Gasteiger charge is 2.29. The number of rotatable bonds is 2. The van der Waals surface area contributed by atoms with E-state index in [1.165, 1.54) is 16.7 Å². The average molecular weight is 292 g/mol. The second-order valence-corrected chi connectivity index (χ2v) is 5.94. The van der Waals surface area contributed by atoms with E-state index < -0.39 is 0 Å². The number of benzene rings is 2. The van der Waals surface area contributed by atoms with Crippen LogP contribution in [0.25, 0.3) is 0 Å². The molecule has 2 aromatic carbocycles. The zero-order chi connectivity index (χ0) is 13.4. The predicted octanol–water partition coefficient (Wildman–Crippen LogP) is 4.20. The minimum atomic E-state index is 0.187. The lowest BCUT2D eigenvalue weighted by Gasteiger charge is -2.17. The Balaban J connectivity index is 1.89. The van der Waals surface area contributed by atoms with Crippen LogP contribution in [0.5, 0.6) is 0 Å². The number of hydrogen-bond donors (Lipinski definition) is 1. The molecule has 2 N–H and O–H groups in total. The topological polar surface area (TPSA) is 26.0 Å². The van der Waals surface area contributed by atoms with Crippen molar-refractivity contribution in [3.05, 3.63) is 69.2 Å². The molecule has 0 saturated carbocycles. The molecule has 1 nitrogen and oxygen atoms in total. The van der Waals surface area contributed by atoms with Crippen molar-refractivity contribution in [2.75, 3.05) is 0 Å². The van der Waals surface area contributed by atoms with Crippen LogP contribution in [0, 0.1) is 0 Å². The van der Waals surface area contributed by atoms with Crippen LogP contribution in [0.3, 0.4) is 0 Å². The van der Waals surface area contributed by atoms with Crippen LogP contribution in [-0.2, 0) is 12.8 Å². The molecule has 1 aliphatic rings. The van der Waals surface area contributed by atoms with Crippen molar-refractivity contribution in [2.24, 2.45) is 5.73 Å². The summed E-state index contributed by atoms with van der Waals surface area (Å²) in [6, 6.07) is 14.5. The van der Waals surface area contributed by atoms with Crippen molar-refractivity contribution in [3.63, 3.8) is 0 Å². The molecule has 19 heavy (non-hydrogen) atoms. The van der Waals surface area contributed by atoms with E-state index in [-0.39, 0.29) is 6.04 Å². The number of fused-ring (bicyclic) bond motifs is 1. The smallest absolute Gasteiger partial charge is 0.0595 e. The first-order valence-corrected chi connectivity index (χ1v) is 7.18. The molecule has 0 bridgehead atoms. The highest BCUT2D eigenvalue weighted by Crippen LogP contribution is 2.35. The lowest BCUT2D eigenvalue weighted by atomic mass is 9.91. The van der Waals surface area contributed by atoms with Crippen molar-refractivity contribution in [2.45, 2.75) is 24.8 Å². The van der Waals surface area contributed by atoms with E-state index in [0.29, 0.717) is 16.0 Å². The van der Waals surface area contributed by atoms with Crippen LogP contribution < -0.4 is 5.73 Å². The summed E-state index contributed by atoms with van der Waals surface area (Å²) >= 11 is 12.0. The minimum absolute atomic E-state index is 0.187. The Morgan fingerprint density at radius 2 is 1.84 bits per heavy atom. The lowest BCUT2D eigenvalue weighted by molar-refractivity contribution is 0.570. The molecule has 0 heterocycles. The van der Waals surface area contributed by atoms with Crippen molar-refractivity contribution in [3.8, 4) is 0 Å². The Kier molecular flexibility index (Phi) is 3.53. The van der Waals surface area contributed by atoms with E-state index >= 15 is 0 Å². The molecule has 3 rings (SSSR count). The first kappa shape index (κ1) is 13.0. The molecule has 0 amide bonds. The summed E-state index contributed by atoms with van der Waals surface area (Å²) in [6.07, 6.45) is 1.87. The summed E-state index contributed by atoms with van der Waals surface area (Å²) in [7, 11) is 0. The van der Waals surface area contributed by atoms with E-state index in [9.17, 15) is 0 Å². The van der Waals surface area contributed by atoms with Crippen molar-refractivity contribution >= 4 is 23.2 Å². The van der Waals surface area contributed by atoms with Crippen molar-refractivity contribution in [1.82, 2.24) is 0 Å². The summed E-state index contributed by atoms with van der Waals surface area (Å²) in [4.78, 5) is 0. The maximum absolute atomic E-state index is 6.29. The van der Waals surface area contributed by atoms with E-state index in [1.807, 2.05) is 18.2 Å². The monoisotopic (exact) mass is 291 g/mol. The second-order valence-electron chi connectivity index (χ2n) is 5.13. The van der Waals surface area contributed by atoms with Gasteiger partial charge in [-0.15, -0.1) is 0 Å². The van der Waals surface area contributed by atoms with Crippen LogP contribution in [0.1, 0.15) is 22.6 Å². The van der Waals surface area contributed by atoms with E-state index in [0.717, 1.165) is 12.8 Å². The molecule has 2 unspecified atom stereocenters. The van der Waals surface area contributed by atoms with Gasteiger partial charge >= 0.3 is 0 Å². The van der Waals surface area contributed by atoms with Gasteiger partial charge in [0.05, 0.1) is 10.0 Å². The van der Waals surface area contributed by atoms with Gasteiger partial charge in [-0.25, -0.2) is 0 Å². The molecule has 0 aromatic heterocycles. The van der Waals surface area contributed by atoms with E-state index in [1.54, 1.807) is 0 Å². The van der Waals surface area contributed by atoms with Gasteiger partial charge in [0.2, 0.25) is 0 Å². The number of nitrogens with two attached hydrogens (primary N) is 1. The third-order valence-electron chi connectivity index (χ3n) is 3.87. The number of halogens is 2. The van der Waals surface area contributed by atoms with Gasteiger partial charge in [-0.1, -0.05) is 53.5 Å². The predicted molar refractivity (Wildman–Crippen MR) is 81.0 cm³/mol. The minimum Gasteiger partial charge on any atom is -0.327 e. The van der Waals surface area contributed by atoms with Gasteiger partial charge < -0.3 is 5.73 Å². The fraction of sp³-hybridized carbons (Fsp3) is 0.250. The quantitative estimate of drug-likeness (QED) is 0.882. The summed E-state index contributed by atoms with van der Waals surface area (Å²) in [5.41, 5.74) is 10.2. The van der Waals surface area contributed by atoms with Crippen LogP contribution >= 0.6 is 23.2 Å². The third kappa shape index (κ3) is 2.51. The Labute approximate surface area is 123 Å². The molecule has 98 valence electrons. The SMILES string of the molecule is NC1Cc2ccccc2C1Cc1ccc(Cl)c(Cl)c1. The molecular formula is C16H15Cl2N. The molecule has 0 aliphatic heterocycles. The zero-order valence-corrected chi connectivity index (χ0v) is 12.0. The Morgan fingerprint density at radius 1 is 1.05 bits per heavy atom. The maximum Gasteiger partial charge on any atom is 0.0595 e. The highest BCUT2D eigenvalue weighted by molar-refractivity contribution is 6.42. The lowest BCUT2D eigenvalue weighted by Crippen LogP contribution is -2.26. The van der Waals surface area contributed by atoms with Gasteiger partial charge in [0.25, 0.3) is 0 Å². The average Bonchev–Trinajstić information content (AvgIpc) is 2.71. The molecule has 0 radical (unpaired) electrons. The van der Waals surface area contributed by atoms with E-state index in [4.69, 9.17) is 28.9 Å². The Hall–Kier alpha value is -1.02. The molecule has 0 fully saturated rings. The number of hydrogen-bond acceptors (Lipinski definition) is 1. The molecular weight excluding hydrogens is 277 g/mol. The van der Waals surface area contributed by atoms with Gasteiger partial charge in [-0.3, -0.25) is 0 Å². The van der Waals surface area contributed by atoms with Gasteiger partial charge in [-0.05, 0) is 41.7 Å². The van der Waals surface area contributed by atoms with Gasteiger partial charge in [0.15, 0.2) is 0 Å². The Bertz CT molecular complexity index is 609. The molecule has 1 aliphatic carbocycles. The Morgan fingerprint density at radius 3 is 2.63 bits per heavy atom. The summed E-state index contributed by atoms with van der Waals surface area (Å²) < 4.78 is 0. The first-order valence-electron chi connectivity index (χ1n) is 6.42. The fourth-order valence-electron chi connectivity index (χ4n) is 2.89. The van der Waals surface area contributed by atoms with Crippen LogP contribution in [0.4, 0.5) is 0 Å². The van der Waals surface area contributed by atoms with Crippen LogP contribution in [0.15, 0.2) is 42.5 Å². The first-order chi connectivity index (χ1) is 9.15. The van der Waals surface area contributed by atoms with E-state index in [2.05, 4.69) is 24.3 Å². The van der Waals surface area contributed by atoms with Gasteiger partial charge in [0.1, 0.15) is 0 Å². The standard InChI is InChI=1S/C16H15Cl2N/c17-14-6-5-10(8-15(14)18)7-13-12-4-2-1-3-11(12)9-16(13)19/h1-6,8,13,16H,7,9,19H2. The normalized spacial score (nSPS) is 21.4. The summed E-state index contributed by atoms with van der Waals surface area (Å²) in [5.74, 6) is 0.369. The zero-order valence-electron chi connectivity index (χ0n) is 10.4. The molecule has 2 aromatic rings. The molecule has 3 heteroatoms. The third-order valence-corrected chi connectivity index (χ3v) is 4.61. The second kappa shape index (κ2) is 5.16. The molecule has 0 spiro atoms. The highest BCUT2D eigenvalue weighted by atomic mass is 35.5. The maximum atomic E-state index is 6.29. The molecule has 0 saturated heterocycles. The van der Waals surface area contributed by atoms with Gasteiger partial charge in [-0.2, -0.15) is 0 Å². The fourth-order valence-corrected chi connectivity index (χ4v) is 3.21. The van der Waals surface area contributed by atoms with Crippen LogP contribution in [-0.4, -0.2) is 6.04 Å². The molecule has 2 atom stereocenters. The van der Waals surface area contributed by atoms with Crippen molar-refractivity contribution in [1.29, 1.82) is 0 Å². The summed E-state index contributed by atoms with van der Waals surface area (Å²) in [5, 5.41) is 1.21. The van der Waals surface area contributed by atoms with Crippen molar-refractivity contribution < 1.29 is 0 Å². The summed E-state index contributed by atoms with van der Waals surface area (Å²) in [6.45, 7) is 0. The largest absolute Gasteiger partial charge is 0.327 e. The van der Waals surface area contributed by atoms with Gasteiger partial charge in [0, 0.05) is 12.0 Å². The van der Waals surface area contributed by atoms with Crippen LogP contribution in [0.2, 0.25) is 10.0 Å².